The van der Waals surface area contributed by atoms with Crippen molar-refractivity contribution >= 4 is 16.5 Å². The van der Waals surface area contributed by atoms with E-state index in [0.29, 0.717) is 0 Å². The van der Waals surface area contributed by atoms with Crippen molar-refractivity contribution < 1.29 is 0 Å². The molecule has 0 aliphatic heterocycles. The van der Waals surface area contributed by atoms with Gasteiger partial charge in [0.05, 0.1) is 10.4 Å². The van der Waals surface area contributed by atoms with Gasteiger partial charge in [-0.15, -0.1) is 0 Å². The molecule has 0 unspecified atom stereocenters. The standard InChI is InChI=1S/C8H8.H5NSi/c1-2-8-6-4-3-5-7-8;1-2/h2-7H,1H2;1H2,2H3. The first-order valence-electron chi connectivity index (χ1n) is 3.18. The Bertz CT molecular complexity index is 172. The van der Waals surface area contributed by atoms with Crippen LogP contribution in [0, 0.1) is 0 Å². The predicted molar refractivity (Wildman–Crippen MR) is 50.7 cm³/mol. The largest absolute Gasteiger partial charge is 0.358 e. The second kappa shape index (κ2) is 6.26. The summed E-state index contributed by atoms with van der Waals surface area (Å²) in [5, 5.41) is 4.64. The normalized spacial score (nSPS) is 7.70. The maximum absolute atomic E-state index is 4.64. The molecule has 54 valence electrons. The van der Waals surface area contributed by atoms with Gasteiger partial charge >= 0.3 is 0 Å². The smallest absolute Gasteiger partial charge is 0.0716 e. The number of hydrogen-bond donors (Lipinski definition) is 1. The molecular formula is C8H13NSi. The predicted octanol–water partition coefficient (Wildman–Crippen LogP) is 0.555. The first-order chi connectivity index (χ1) is 4.93. The zero-order valence-electron chi connectivity index (χ0n) is 6.25. The molecule has 1 rings (SSSR count). The third-order valence-corrected chi connectivity index (χ3v) is 1.04. The highest BCUT2D eigenvalue weighted by molar-refractivity contribution is 6.02. The summed E-state index contributed by atoms with van der Waals surface area (Å²) in [6, 6.07) is 10.0. The lowest BCUT2D eigenvalue weighted by molar-refractivity contribution is 1.67. The van der Waals surface area contributed by atoms with E-state index in [2.05, 4.69) is 12.0 Å². The summed E-state index contributed by atoms with van der Waals surface area (Å²) in [6.07, 6.45) is 1.83. The first kappa shape index (κ1) is 9.14. The minimum Gasteiger partial charge on any atom is -0.358 e. The Morgan fingerprint density at radius 3 is 2.00 bits per heavy atom. The van der Waals surface area contributed by atoms with E-state index in [1.807, 2.05) is 36.4 Å². The molecule has 0 aromatic heterocycles. The van der Waals surface area contributed by atoms with Gasteiger partial charge < -0.3 is 5.40 Å². The van der Waals surface area contributed by atoms with Gasteiger partial charge in [0.1, 0.15) is 0 Å². The minimum absolute atomic E-state index is 0.806. The molecule has 0 aliphatic carbocycles. The maximum Gasteiger partial charge on any atom is 0.0716 e. The molecular weight excluding hydrogens is 138 g/mol. The van der Waals surface area contributed by atoms with Gasteiger partial charge in [-0.2, -0.15) is 0 Å². The number of nitrogens with two attached hydrogens (primary N) is 1. The third-order valence-electron chi connectivity index (χ3n) is 1.04. The van der Waals surface area contributed by atoms with Crippen molar-refractivity contribution in [2.24, 2.45) is 5.40 Å². The number of hydrogen-bond acceptors (Lipinski definition) is 1. The number of benzene rings is 1. The second-order valence-electron chi connectivity index (χ2n) is 1.61. The first-order valence-corrected chi connectivity index (χ1v) is 4.34. The molecule has 0 spiro atoms. The Morgan fingerprint density at radius 1 is 1.20 bits per heavy atom. The van der Waals surface area contributed by atoms with Crippen molar-refractivity contribution in [3.63, 3.8) is 0 Å². The van der Waals surface area contributed by atoms with Crippen molar-refractivity contribution in [3.05, 3.63) is 42.5 Å². The van der Waals surface area contributed by atoms with Crippen LogP contribution in [0.25, 0.3) is 6.08 Å². The Balaban J connectivity index is 0.000000371. The molecule has 2 N–H and O–H groups in total. The average Bonchev–Trinajstić information content (AvgIpc) is 2.10. The quantitative estimate of drug-likeness (QED) is 0.583. The molecule has 0 aliphatic rings. The summed E-state index contributed by atoms with van der Waals surface area (Å²) in [4.78, 5) is 0. The molecule has 10 heavy (non-hydrogen) atoms. The van der Waals surface area contributed by atoms with E-state index in [9.17, 15) is 0 Å². The van der Waals surface area contributed by atoms with Crippen LogP contribution >= 0.6 is 0 Å². The highest BCUT2D eigenvalue weighted by Crippen LogP contribution is 1.97. The lowest BCUT2D eigenvalue weighted by Crippen LogP contribution is -1.75. The molecule has 1 aromatic rings. The fourth-order valence-corrected chi connectivity index (χ4v) is 0.589. The topological polar surface area (TPSA) is 26.0 Å². The van der Waals surface area contributed by atoms with E-state index in [1.165, 1.54) is 5.56 Å². The lowest BCUT2D eigenvalue weighted by Gasteiger charge is -1.85. The zero-order chi connectivity index (χ0) is 7.82. The summed E-state index contributed by atoms with van der Waals surface area (Å²) in [6.45, 7) is 3.63. The Labute approximate surface area is 65.1 Å². The van der Waals surface area contributed by atoms with Crippen molar-refractivity contribution in [3.8, 4) is 0 Å². The van der Waals surface area contributed by atoms with Crippen LogP contribution in [0.2, 0.25) is 0 Å². The third kappa shape index (κ3) is 3.22. The Morgan fingerprint density at radius 2 is 1.70 bits per heavy atom. The van der Waals surface area contributed by atoms with Crippen LogP contribution in [-0.4, -0.2) is 10.4 Å². The molecule has 0 fully saturated rings. The second-order valence-corrected chi connectivity index (χ2v) is 1.61. The highest BCUT2D eigenvalue weighted by atomic mass is 28.2. The van der Waals surface area contributed by atoms with E-state index >= 15 is 0 Å². The Kier molecular flexibility index (Phi) is 5.72. The van der Waals surface area contributed by atoms with Crippen LogP contribution in [0.15, 0.2) is 36.9 Å². The van der Waals surface area contributed by atoms with Gasteiger partial charge in [0.15, 0.2) is 0 Å². The maximum atomic E-state index is 4.64. The van der Waals surface area contributed by atoms with Crippen LogP contribution in [0.1, 0.15) is 5.56 Å². The molecule has 0 saturated heterocycles. The van der Waals surface area contributed by atoms with E-state index < -0.39 is 0 Å². The average molecular weight is 151 g/mol. The molecule has 1 aromatic carbocycles. The summed E-state index contributed by atoms with van der Waals surface area (Å²) in [7, 11) is 0.806. The van der Waals surface area contributed by atoms with Crippen LogP contribution in [0.3, 0.4) is 0 Å². The van der Waals surface area contributed by atoms with Crippen LogP contribution in [0.4, 0.5) is 0 Å². The van der Waals surface area contributed by atoms with E-state index in [1.54, 1.807) is 0 Å². The van der Waals surface area contributed by atoms with E-state index in [4.69, 9.17) is 0 Å². The fraction of sp³-hybridized carbons (Fsp3) is 0. The van der Waals surface area contributed by atoms with Crippen molar-refractivity contribution in [1.29, 1.82) is 0 Å². The summed E-state index contributed by atoms with van der Waals surface area (Å²) in [5.74, 6) is 0. The molecule has 0 radical (unpaired) electrons. The van der Waals surface area contributed by atoms with Crippen LogP contribution in [0.5, 0.6) is 0 Å². The van der Waals surface area contributed by atoms with Gasteiger partial charge in [0, 0.05) is 0 Å². The van der Waals surface area contributed by atoms with Crippen LogP contribution in [-0.2, 0) is 0 Å². The van der Waals surface area contributed by atoms with Crippen molar-refractivity contribution in [2.75, 3.05) is 0 Å². The van der Waals surface area contributed by atoms with Gasteiger partial charge in [-0.1, -0.05) is 43.0 Å². The van der Waals surface area contributed by atoms with Gasteiger partial charge in [0.25, 0.3) is 0 Å². The molecule has 0 bridgehead atoms. The molecule has 0 saturated carbocycles. The summed E-state index contributed by atoms with van der Waals surface area (Å²) in [5.41, 5.74) is 1.17. The monoisotopic (exact) mass is 151 g/mol. The van der Waals surface area contributed by atoms with Gasteiger partial charge in [-0.3, -0.25) is 0 Å². The fourth-order valence-electron chi connectivity index (χ4n) is 0.589. The van der Waals surface area contributed by atoms with Crippen molar-refractivity contribution in [2.45, 2.75) is 0 Å². The van der Waals surface area contributed by atoms with Crippen LogP contribution < -0.4 is 5.40 Å². The Hall–Kier alpha value is -0.863. The van der Waals surface area contributed by atoms with Crippen molar-refractivity contribution in [1.82, 2.24) is 0 Å². The molecule has 0 heterocycles. The molecule has 1 nitrogen and oxygen atoms in total. The molecule has 0 atom stereocenters. The summed E-state index contributed by atoms with van der Waals surface area (Å²) >= 11 is 0. The lowest BCUT2D eigenvalue weighted by atomic mass is 10.2. The highest BCUT2D eigenvalue weighted by Gasteiger charge is 1.75. The van der Waals surface area contributed by atoms with E-state index in [0.717, 1.165) is 10.4 Å². The minimum atomic E-state index is 0.806. The SMILES string of the molecule is C=Cc1ccccc1.N[SiH3]. The summed E-state index contributed by atoms with van der Waals surface area (Å²) < 4.78 is 0. The van der Waals surface area contributed by atoms with Gasteiger partial charge in [-0.25, -0.2) is 0 Å². The molecule has 2 heteroatoms. The number of rotatable bonds is 1. The van der Waals surface area contributed by atoms with E-state index in [-0.39, 0.29) is 0 Å². The zero-order valence-corrected chi connectivity index (χ0v) is 8.25. The van der Waals surface area contributed by atoms with Gasteiger partial charge in [0.2, 0.25) is 0 Å². The van der Waals surface area contributed by atoms with Gasteiger partial charge in [-0.05, 0) is 5.56 Å². The molecule has 0 amide bonds.